The molecule has 0 fully saturated rings. The smallest absolute Gasteiger partial charge is 0.416 e. The van der Waals surface area contributed by atoms with Crippen LogP contribution in [-0.4, -0.2) is 33.5 Å². The van der Waals surface area contributed by atoms with Gasteiger partial charge in [-0.15, -0.1) is 0 Å². The van der Waals surface area contributed by atoms with E-state index in [0.29, 0.717) is 6.07 Å². The van der Waals surface area contributed by atoms with Gasteiger partial charge in [0.2, 0.25) is 11.9 Å². The second-order valence-electron chi connectivity index (χ2n) is 6.26. The average molecular weight is 488 g/mol. The van der Waals surface area contributed by atoms with Crippen LogP contribution in [0.4, 0.5) is 29.3 Å². The topological polar surface area (TPSA) is 149 Å². The lowest BCUT2D eigenvalue weighted by Gasteiger charge is -2.13. The minimum atomic E-state index is -4.70. The molecular formula is C19H19F3N4O6S. The van der Waals surface area contributed by atoms with E-state index in [2.05, 4.69) is 20.4 Å². The van der Waals surface area contributed by atoms with Gasteiger partial charge >= 0.3 is 22.4 Å². The maximum Gasteiger partial charge on any atom is 0.416 e. The van der Waals surface area contributed by atoms with Crippen molar-refractivity contribution >= 4 is 39.5 Å². The molecule has 33 heavy (non-hydrogen) atoms. The van der Waals surface area contributed by atoms with E-state index in [1.807, 2.05) is 0 Å². The summed E-state index contributed by atoms with van der Waals surface area (Å²) in [6.07, 6.45) is -5.56. The first-order valence-electron chi connectivity index (χ1n) is 9.10. The molecule has 0 radical (unpaired) electrons. The zero-order valence-corrected chi connectivity index (χ0v) is 18.1. The third-order valence-electron chi connectivity index (χ3n) is 3.88. The molecule has 10 nitrogen and oxygen atoms in total. The van der Waals surface area contributed by atoms with Crippen molar-refractivity contribution in [1.82, 2.24) is 5.32 Å². The number of aliphatic imine (C=N–C) groups is 1. The molecule has 4 N–H and O–H groups in total. The molecule has 14 heteroatoms. The lowest BCUT2D eigenvalue weighted by molar-refractivity contribution is -0.137. The van der Waals surface area contributed by atoms with Gasteiger partial charge in [-0.2, -0.15) is 21.6 Å². The molecule has 2 aromatic carbocycles. The van der Waals surface area contributed by atoms with E-state index < -0.39 is 50.5 Å². The molecule has 2 rings (SSSR count). The van der Waals surface area contributed by atoms with Crippen molar-refractivity contribution < 1.29 is 40.1 Å². The van der Waals surface area contributed by atoms with Crippen LogP contribution in [0.2, 0.25) is 0 Å². The second kappa shape index (κ2) is 10.2. The van der Waals surface area contributed by atoms with Gasteiger partial charge in [-0.05, 0) is 36.4 Å². The maximum absolute atomic E-state index is 12.9. The Balaban J connectivity index is 2.46. The number of guanidine groups is 1. The Morgan fingerprint density at radius 1 is 1.15 bits per heavy atom. The van der Waals surface area contributed by atoms with Crippen LogP contribution in [0, 0.1) is 0 Å². The van der Waals surface area contributed by atoms with Crippen LogP contribution in [0.5, 0.6) is 5.75 Å². The van der Waals surface area contributed by atoms with Crippen molar-refractivity contribution in [1.29, 1.82) is 0 Å². The van der Waals surface area contributed by atoms with Crippen LogP contribution in [-0.2, 0) is 25.8 Å². The van der Waals surface area contributed by atoms with Gasteiger partial charge in [0.15, 0.2) is 0 Å². The monoisotopic (exact) mass is 488 g/mol. The second-order valence-corrected chi connectivity index (χ2v) is 7.80. The fourth-order valence-corrected chi connectivity index (χ4v) is 3.26. The van der Waals surface area contributed by atoms with E-state index in [9.17, 15) is 31.2 Å². The van der Waals surface area contributed by atoms with Gasteiger partial charge in [0.1, 0.15) is 10.6 Å². The predicted octanol–water partition coefficient (Wildman–Crippen LogP) is 3.12. The number of anilines is 1. The normalized spacial score (nSPS) is 12.1. The first kappa shape index (κ1) is 25.5. The first-order valence-corrected chi connectivity index (χ1v) is 10.5. The molecular weight excluding hydrogens is 469 g/mol. The van der Waals surface area contributed by atoms with Crippen LogP contribution >= 0.6 is 0 Å². The SMILES string of the molecule is CCC(=O)Nc1ccc(S(=O)(=O)Oc2cccc(C(F)(F)F)c2)cc1N=C(N)NC(=O)OC. The van der Waals surface area contributed by atoms with Crippen LogP contribution in [0.3, 0.4) is 0 Å². The number of methoxy groups -OCH3 is 1. The number of alkyl carbamates (subject to hydrolysis) is 1. The molecule has 0 saturated heterocycles. The highest BCUT2D eigenvalue weighted by Gasteiger charge is 2.31. The zero-order chi connectivity index (χ0) is 24.8. The van der Waals surface area contributed by atoms with E-state index >= 15 is 0 Å². The van der Waals surface area contributed by atoms with Gasteiger partial charge in [-0.3, -0.25) is 10.1 Å². The summed E-state index contributed by atoms with van der Waals surface area (Å²) in [5.41, 5.74) is 4.36. The Morgan fingerprint density at radius 2 is 1.85 bits per heavy atom. The number of nitrogens with two attached hydrogens (primary N) is 1. The molecule has 0 saturated carbocycles. The molecule has 0 atom stereocenters. The van der Waals surface area contributed by atoms with E-state index in [1.165, 1.54) is 6.07 Å². The Labute approximate surface area is 186 Å². The van der Waals surface area contributed by atoms with Crippen molar-refractivity contribution in [2.24, 2.45) is 10.7 Å². The summed E-state index contributed by atoms with van der Waals surface area (Å²) in [5, 5.41) is 4.54. The largest absolute Gasteiger partial charge is 0.453 e. The fraction of sp³-hybridized carbons (Fsp3) is 0.211. The fourth-order valence-electron chi connectivity index (χ4n) is 2.32. The van der Waals surface area contributed by atoms with E-state index in [1.54, 1.807) is 6.92 Å². The number of nitrogens with one attached hydrogen (secondary N) is 2. The number of carbonyl (C=O) groups is 2. The standard InChI is InChI=1S/C19H19F3N4O6S/c1-3-16(27)24-14-8-7-13(10-15(14)25-17(23)26-18(28)31-2)33(29,30)32-12-6-4-5-11(9-12)19(20,21)22/h4-10H,3H2,1-2H3,(H,24,27)(H3,23,25,26,28). The van der Waals surface area contributed by atoms with Gasteiger partial charge in [0.25, 0.3) is 0 Å². The van der Waals surface area contributed by atoms with Crippen LogP contribution in [0.15, 0.2) is 52.4 Å². The Bertz CT molecular complexity index is 1180. The van der Waals surface area contributed by atoms with Gasteiger partial charge in [0, 0.05) is 6.42 Å². The third kappa shape index (κ3) is 7.10. The minimum Gasteiger partial charge on any atom is -0.453 e. The number of halogens is 3. The maximum atomic E-state index is 12.9. The molecule has 2 amide bonds. The van der Waals surface area contributed by atoms with Crippen LogP contribution in [0.1, 0.15) is 18.9 Å². The summed E-state index contributed by atoms with van der Waals surface area (Å²) in [6, 6.07) is 6.52. The Kier molecular flexibility index (Phi) is 7.87. The summed E-state index contributed by atoms with van der Waals surface area (Å²) in [7, 11) is -3.54. The van der Waals surface area contributed by atoms with Crippen LogP contribution in [0.25, 0.3) is 0 Å². The Morgan fingerprint density at radius 3 is 2.45 bits per heavy atom. The lowest BCUT2D eigenvalue weighted by atomic mass is 10.2. The number of rotatable bonds is 6. The van der Waals surface area contributed by atoms with Gasteiger partial charge in [0.05, 0.1) is 24.0 Å². The predicted molar refractivity (Wildman–Crippen MR) is 111 cm³/mol. The number of hydrogen-bond donors (Lipinski definition) is 3. The van der Waals surface area contributed by atoms with E-state index in [4.69, 9.17) is 9.92 Å². The molecule has 0 heterocycles. The molecule has 178 valence electrons. The zero-order valence-electron chi connectivity index (χ0n) is 17.3. The van der Waals surface area contributed by atoms with Crippen LogP contribution < -0.4 is 20.6 Å². The highest BCUT2D eigenvalue weighted by Crippen LogP contribution is 2.33. The van der Waals surface area contributed by atoms with Crippen molar-refractivity contribution in [2.45, 2.75) is 24.4 Å². The highest BCUT2D eigenvalue weighted by molar-refractivity contribution is 7.87. The van der Waals surface area contributed by atoms with Crippen molar-refractivity contribution in [3.8, 4) is 5.75 Å². The molecule has 0 bridgehead atoms. The summed E-state index contributed by atoms with van der Waals surface area (Å²) in [6.45, 7) is 1.58. The lowest BCUT2D eigenvalue weighted by Crippen LogP contribution is -2.36. The molecule has 0 aliphatic carbocycles. The third-order valence-corrected chi connectivity index (χ3v) is 5.12. The number of amides is 2. The number of benzene rings is 2. The van der Waals surface area contributed by atoms with E-state index in [0.717, 1.165) is 37.4 Å². The summed E-state index contributed by atoms with van der Waals surface area (Å²) in [4.78, 5) is 26.4. The van der Waals surface area contributed by atoms with Crippen molar-refractivity contribution in [3.63, 3.8) is 0 Å². The van der Waals surface area contributed by atoms with Gasteiger partial charge in [-0.1, -0.05) is 13.0 Å². The Hall–Kier alpha value is -3.81. The van der Waals surface area contributed by atoms with Crippen molar-refractivity contribution in [2.75, 3.05) is 12.4 Å². The average Bonchev–Trinajstić information content (AvgIpc) is 2.73. The number of ether oxygens (including phenoxy) is 1. The molecule has 0 unspecified atom stereocenters. The highest BCUT2D eigenvalue weighted by atomic mass is 32.2. The van der Waals surface area contributed by atoms with Gasteiger partial charge in [-0.25, -0.2) is 9.79 Å². The summed E-state index contributed by atoms with van der Waals surface area (Å²) >= 11 is 0. The number of carbonyl (C=O) groups excluding carboxylic acids is 2. The number of hydrogen-bond acceptors (Lipinski definition) is 7. The van der Waals surface area contributed by atoms with E-state index in [-0.39, 0.29) is 17.8 Å². The molecule has 0 aliphatic rings. The summed E-state index contributed by atoms with van der Waals surface area (Å²) < 4.78 is 73.2. The first-order chi connectivity index (χ1) is 15.4. The number of alkyl halides is 3. The molecule has 2 aromatic rings. The minimum absolute atomic E-state index is 0.0504. The van der Waals surface area contributed by atoms with Crippen molar-refractivity contribution in [3.05, 3.63) is 48.0 Å². The number of nitrogens with zero attached hydrogens (tertiary/aromatic N) is 1. The van der Waals surface area contributed by atoms with Gasteiger partial charge < -0.3 is 20.0 Å². The molecule has 0 aromatic heterocycles. The molecule has 0 spiro atoms. The molecule has 0 aliphatic heterocycles. The quantitative estimate of drug-likeness (QED) is 0.321. The summed E-state index contributed by atoms with van der Waals surface area (Å²) in [5.74, 6) is -1.48.